The van der Waals surface area contributed by atoms with Crippen molar-refractivity contribution < 1.29 is 14.0 Å². The number of nitrogens with one attached hydrogen (secondary N) is 2. The van der Waals surface area contributed by atoms with Crippen molar-refractivity contribution in [3.8, 4) is 11.3 Å². The van der Waals surface area contributed by atoms with E-state index in [4.69, 9.17) is 16.0 Å². The summed E-state index contributed by atoms with van der Waals surface area (Å²) in [5, 5.41) is 6.13. The average Bonchev–Trinajstić information content (AvgIpc) is 3.16. The molecule has 0 atom stereocenters. The van der Waals surface area contributed by atoms with Gasteiger partial charge in [0.15, 0.2) is 0 Å². The molecule has 0 bridgehead atoms. The topological polar surface area (TPSA) is 71.3 Å². The zero-order valence-electron chi connectivity index (χ0n) is 17.0. The second-order valence-electron chi connectivity index (χ2n) is 7.22. The standard InChI is InChI=1S/C24H23ClN2O3/c1-15(2)26-24(29)21(27-23(28)18-6-4-16(3)5-7-18)14-20-12-13-22(30-20)17-8-10-19(25)11-9-17/h4-15H,1-3H3,(H,26,29)(H,27,28). The lowest BCUT2D eigenvalue weighted by atomic mass is 10.1. The Morgan fingerprint density at radius 2 is 1.63 bits per heavy atom. The Labute approximate surface area is 180 Å². The number of carbonyl (C=O) groups excluding carboxylic acids is 2. The Hall–Kier alpha value is -3.31. The number of carbonyl (C=O) groups is 2. The molecule has 0 saturated heterocycles. The highest BCUT2D eigenvalue weighted by molar-refractivity contribution is 6.30. The molecular weight excluding hydrogens is 400 g/mol. The highest BCUT2D eigenvalue weighted by Crippen LogP contribution is 2.24. The molecule has 1 aromatic heterocycles. The van der Waals surface area contributed by atoms with Gasteiger partial charge in [-0.1, -0.05) is 29.3 Å². The number of hydrogen-bond acceptors (Lipinski definition) is 3. The third kappa shape index (κ3) is 5.61. The fourth-order valence-electron chi connectivity index (χ4n) is 2.74. The largest absolute Gasteiger partial charge is 0.457 e. The van der Waals surface area contributed by atoms with Crippen LogP contribution in [0.3, 0.4) is 0 Å². The molecule has 0 spiro atoms. The maximum absolute atomic E-state index is 12.6. The van der Waals surface area contributed by atoms with Gasteiger partial charge in [-0.25, -0.2) is 0 Å². The van der Waals surface area contributed by atoms with Crippen molar-refractivity contribution in [1.29, 1.82) is 0 Å². The molecule has 0 unspecified atom stereocenters. The summed E-state index contributed by atoms with van der Waals surface area (Å²) in [4.78, 5) is 25.3. The first-order chi connectivity index (χ1) is 14.3. The predicted octanol–water partition coefficient (Wildman–Crippen LogP) is 5.20. The molecule has 2 amide bonds. The van der Waals surface area contributed by atoms with E-state index in [1.54, 1.807) is 36.4 Å². The highest BCUT2D eigenvalue weighted by Gasteiger charge is 2.16. The van der Waals surface area contributed by atoms with Crippen molar-refractivity contribution in [2.45, 2.75) is 26.8 Å². The van der Waals surface area contributed by atoms with E-state index < -0.39 is 5.91 Å². The summed E-state index contributed by atoms with van der Waals surface area (Å²) in [7, 11) is 0. The van der Waals surface area contributed by atoms with E-state index in [1.165, 1.54) is 6.08 Å². The third-order valence-electron chi connectivity index (χ3n) is 4.27. The minimum absolute atomic E-state index is 0.0848. The van der Waals surface area contributed by atoms with Crippen LogP contribution in [-0.4, -0.2) is 17.9 Å². The van der Waals surface area contributed by atoms with E-state index in [-0.39, 0.29) is 17.6 Å². The van der Waals surface area contributed by atoms with Crippen LogP contribution >= 0.6 is 11.6 Å². The Kier molecular flexibility index (Phi) is 6.75. The van der Waals surface area contributed by atoms with Gasteiger partial charge in [-0.15, -0.1) is 0 Å². The van der Waals surface area contributed by atoms with Crippen molar-refractivity contribution in [2.75, 3.05) is 0 Å². The lowest BCUT2D eigenvalue weighted by Gasteiger charge is -2.13. The Morgan fingerprint density at radius 3 is 2.27 bits per heavy atom. The van der Waals surface area contributed by atoms with Gasteiger partial charge in [-0.2, -0.15) is 0 Å². The highest BCUT2D eigenvalue weighted by atomic mass is 35.5. The van der Waals surface area contributed by atoms with Crippen LogP contribution < -0.4 is 10.6 Å². The van der Waals surface area contributed by atoms with E-state index in [1.807, 2.05) is 45.0 Å². The van der Waals surface area contributed by atoms with Crippen LogP contribution in [0.5, 0.6) is 0 Å². The number of aryl methyl sites for hydroxylation is 1. The molecular formula is C24H23ClN2O3. The molecule has 0 saturated carbocycles. The van der Waals surface area contributed by atoms with Gasteiger partial charge < -0.3 is 15.1 Å². The number of benzene rings is 2. The van der Waals surface area contributed by atoms with Crippen molar-refractivity contribution >= 4 is 29.5 Å². The first kappa shape index (κ1) is 21.4. The minimum Gasteiger partial charge on any atom is -0.457 e. The number of halogens is 1. The molecule has 3 rings (SSSR count). The van der Waals surface area contributed by atoms with Gasteiger partial charge in [0.05, 0.1) is 0 Å². The minimum atomic E-state index is -0.394. The quantitative estimate of drug-likeness (QED) is 0.536. The number of rotatable bonds is 6. The van der Waals surface area contributed by atoms with E-state index >= 15 is 0 Å². The van der Waals surface area contributed by atoms with Crippen LogP contribution in [0.25, 0.3) is 17.4 Å². The van der Waals surface area contributed by atoms with Gasteiger partial charge >= 0.3 is 0 Å². The third-order valence-corrected chi connectivity index (χ3v) is 4.52. The van der Waals surface area contributed by atoms with Gasteiger partial charge in [0.1, 0.15) is 17.2 Å². The molecule has 5 nitrogen and oxygen atoms in total. The van der Waals surface area contributed by atoms with Crippen molar-refractivity contribution in [3.63, 3.8) is 0 Å². The van der Waals surface area contributed by atoms with Gasteiger partial charge in [0, 0.05) is 28.3 Å². The van der Waals surface area contributed by atoms with Crippen LogP contribution in [0, 0.1) is 6.92 Å². The molecule has 2 N–H and O–H groups in total. The summed E-state index contributed by atoms with van der Waals surface area (Å²) >= 11 is 5.93. The first-order valence-electron chi connectivity index (χ1n) is 9.58. The van der Waals surface area contributed by atoms with E-state index in [9.17, 15) is 9.59 Å². The van der Waals surface area contributed by atoms with Crippen molar-refractivity contribution in [3.05, 3.63) is 88.3 Å². The molecule has 0 fully saturated rings. The maximum Gasteiger partial charge on any atom is 0.268 e. The SMILES string of the molecule is Cc1ccc(C(=O)NC(=Cc2ccc(-c3ccc(Cl)cc3)o2)C(=O)NC(C)C)cc1. The van der Waals surface area contributed by atoms with E-state index in [0.29, 0.717) is 22.1 Å². The Bertz CT molecular complexity index is 1060. The monoisotopic (exact) mass is 422 g/mol. The maximum atomic E-state index is 12.6. The second-order valence-corrected chi connectivity index (χ2v) is 7.65. The zero-order chi connectivity index (χ0) is 21.7. The molecule has 0 aliphatic carbocycles. The van der Waals surface area contributed by atoms with Gasteiger partial charge in [0.2, 0.25) is 0 Å². The first-order valence-corrected chi connectivity index (χ1v) is 9.96. The Balaban J connectivity index is 1.87. The lowest BCUT2D eigenvalue weighted by Crippen LogP contribution is -2.38. The number of amides is 2. The number of furan rings is 1. The average molecular weight is 423 g/mol. The predicted molar refractivity (Wildman–Crippen MR) is 119 cm³/mol. The van der Waals surface area contributed by atoms with Gasteiger partial charge in [-0.3, -0.25) is 9.59 Å². The van der Waals surface area contributed by atoms with Crippen LogP contribution in [0.4, 0.5) is 0 Å². The molecule has 154 valence electrons. The normalized spacial score (nSPS) is 11.4. The molecule has 30 heavy (non-hydrogen) atoms. The fraction of sp³-hybridized carbons (Fsp3) is 0.167. The molecule has 0 aliphatic rings. The molecule has 1 heterocycles. The molecule has 3 aromatic rings. The molecule has 0 radical (unpaired) electrons. The molecule has 0 aliphatic heterocycles. The molecule has 6 heteroatoms. The summed E-state index contributed by atoms with van der Waals surface area (Å²) in [6.45, 7) is 5.64. The van der Waals surface area contributed by atoms with Crippen LogP contribution in [0.2, 0.25) is 5.02 Å². The summed E-state index contributed by atoms with van der Waals surface area (Å²) in [5.74, 6) is 0.309. The van der Waals surface area contributed by atoms with Crippen molar-refractivity contribution in [2.24, 2.45) is 0 Å². The van der Waals surface area contributed by atoms with E-state index in [0.717, 1.165) is 11.1 Å². The Morgan fingerprint density at radius 1 is 0.967 bits per heavy atom. The van der Waals surface area contributed by atoms with Crippen LogP contribution in [-0.2, 0) is 4.79 Å². The summed E-state index contributed by atoms with van der Waals surface area (Å²) in [6, 6.07) is 17.8. The van der Waals surface area contributed by atoms with Crippen LogP contribution in [0.1, 0.15) is 35.5 Å². The molecule has 2 aromatic carbocycles. The number of hydrogen-bond donors (Lipinski definition) is 2. The summed E-state index contributed by atoms with van der Waals surface area (Å²) in [6.07, 6.45) is 1.52. The van der Waals surface area contributed by atoms with Crippen LogP contribution in [0.15, 0.2) is 70.8 Å². The van der Waals surface area contributed by atoms with Crippen molar-refractivity contribution in [1.82, 2.24) is 10.6 Å². The summed E-state index contributed by atoms with van der Waals surface area (Å²) < 4.78 is 5.85. The van der Waals surface area contributed by atoms with E-state index in [2.05, 4.69) is 10.6 Å². The summed E-state index contributed by atoms with van der Waals surface area (Å²) in [5.41, 5.74) is 2.47. The lowest BCUT2D eigenvalue weighted by molar-refractivity contribution is -0.118. The zero-order valence-corrected chi connectivity index (χ0v) is 17.8. The van der Waals surface area contributed by atoms with Gasteiger partial charge in [0.25, 0.3) is 11.8 Å². The smallest absolute Gasteiger partial charge is 0.268 e. The second kappa shape index (κ2) is 9.46. The van der Waals surface area contributed by atoms with Gasteiger partial charge in [-0.05, 0) is 69.3 Å². The fourth-order valence-corrected chi connectivity index (χ4v) is 2.87.